The van der Waals surface area contributed by atoms with Gasteiger partial charge in [-0.2, -0.15) is 0 Å². The summed E-state index contributed by atoms with van der Waals surface area (Å²) in [6.45, 7) is 2.16. The molecule has 0 saturated carbocycles. The van der Waals surface area contributed by atoms with E-state index in [0.29, 0.717) is 30.0 Å². The molecular formula is C13H18N2O3S. The highest BCUT2D eigenvalue weighted by molar-refractivity contribution is 7.91. The molecule has 6 heteroatoms. The normalized spacial score (nSPS) is 19.8. The number of para-hydroxylation sites is 1. The minimum Gasteiger partial charge on any atom is -0.379 e. The number of rotatable bonds is 4. The number of piperidine rings is 1. The van der Waals surface area contributed by atoms with Crippen LogP contribution in [0.2, 0.25) is 0 Å². The van der Waals surface area contributed by atoms with Gasteiger partial charge in [0.15, 0.2) is 9.84 Å². The minimum atomic E-state index is -3.24. The van der Waals surface area contributed by atoms with E-state index in [1.165, 1.54) is 0 Å². The average molecular weight is 282 g/mol. The molecule has 2 N–H and O–H groups in total. The highest BCUT2D eigenvalue weighted by Crippen LogP contribution is 2.23. The zero-order valence-electron chi connectivity index (χ0n) is 10.8. The Labute approximate surface area is 113 Å². The monoisotopic (exact) mass is 282 g/mol. The van der Waals surface area contributed by atoms with Crippen LogP contribution in [0.15, 0.2) is 29.2 Å². The maximum atomic E-state index is 12.0. The van der Waals surface area contributed by atoms with Gasteiger partial charge in [0.05, 0.1) is 16.3 Å². The Balaban J connectivity index is 2.19. The second-order valence-electron chi connectivity index (χ2n) is 4.58. The lowest BCUT2D eigenvalue weighted by molar-refractivity contribution is -0.122. The van der Waals surface area contributed by atoms with Crippen LogP contribution in [0.4, 0.5) is 5.69 Å². The van der Waals surface area contributed by atoms with Gasteiger partial charge in [0.1, 0.15) is 0 Å². The molecule has 1 aromatic rings. The van der Waals surface area contributed by atoms with Crippen molar-refractivity contribution < 1.29 is 13.2 Å². The van der Waals surface area contributed by atoms with Crippen LogP contribution in [0.25, 0.3) is 0 Å². The standard InChI is InChI=1S/C13H18N2O3S/c1-2-19(17,18)12-6-4-3-5-11(12)15-10-7-8-13(16)14-9-10/h3-6,10,15H,2,7-9H2,1H3,(H,14,16). The quantitative estimate of drug-likeness (QED) is 0.869. The van der Waals surface area contributed by atoms with Crippen LogP contribution in [0.1, 0.15) is 19.8 Å². The number of benzene rings is 1. The summed E-state index contributed by atoms with van der Waals surface area (Å²) in [5.41, 5.74) is 0.616. The molecule has 1 heterocycles. The predicted molar refractivity (Wildman–Crippen MR) is 73.8 cm³/mol. The van der Waals surface area contributed by atoms with Crippen molar-refractivity contribution in [2.45, 2.75) is 30.7 Å². The molecule has 0 radical (unpaired) electrons. The van der Waals surface area contributed by atoms with Crippen molar-refractivity contribution >= 4 is 21.4 Å². The fraction of sp³-hybridized carbons (Fsp3) is 0.462. The van der Waals surface area contributed by atoms with Crippen LogP contribution < -0.4 is 10.6 Å². The van der Waals surface area contributed by atoms with Gasteiger partial charge in [-0.25, -0.2) is 8.42 Å². The third-order valence-corrected chi connectivity index (χ3v) is 5.01. The number of carbonyl (C=O) groups excluding carboxylic acids is 1. The highest BCUT2D eigenvalue weighted by Gasteiger charge is 2.21. The van der Waals surface area contributed by atoms with E-state index in [1.54, 1.807) is 31.2 Å². The van der Waals surface area contributed by atoms with Gasteiger partial charge >= 0.3 is 0 Å². The lowest BCUT2D eigenvalue weighted by Gasteiger charge is -2.25. The van der Waals surface area contributed by atoms with E-state index in [9.17, 15) is 13.2 Å². The maximum absolute atomic E-state index is 12.0. The van der Waals surface area contributed by atoms with E-state index >= 15 is 0 Å². The first-order valence-electron chi connectivity index (χ1n) is 6.38. The van der Waals surface area contributed by atoms with E-state index in [1.807, 2.05) is 0 Å². The zero-order chi connectivity index (χ0) is 13.9. The lowest BCUT2D eigenvalue weighted by atomic mass is 10.1. The first kappa shape index (κ1) is 13.9. The Bertz CT molecular complexity index is 559. The molecule has 1 atom stereocenters. The number of hydrogen-bond acceptors (Lipinski definition) is 4. The minimum absolute atomic E-state index is 0.0486. The summed E-state index contributed by atoms with van der Waals surface area (Å²) in [7, 11) is -3.24. The molecule has 5 nitrogen and oxygen atoms in total. The molecule has 1 amide bonds. The molecule has 104 valence electrons. The molecule has 1 saturated heterocycles. The van der Waals surface area contributed by atoms with Gasteiger partial charge in [-0.1, -0.05) is 19.1 Å². The third-order valence-electron chi connectivity index (χ3n) is 3.23. The van der Waals surface area contributed by atoms with Crippen LogP contribution in [-0.4, -0.2) is 32.7 Å². The van der Waals surface area contributed by atoms with Crippen LogP contribution in [-0.2, 0) is 14.6 Å². The molecule has 1 fully saturated rings. The Morgan fingerprint density at radius 2 is 2.11 bits per heavy atom. The van der Waals surface area contributed by atoms with Gasteiger partial charge in [0, 0.05) is 19.0 Å². The van der Waals surface area contributed by atoms with E-state index in [-0.39, 0.29) is 17.7 Å². The number of amides is 1. The number of hydrogen-bond donors (Lipinski definition) is 2. The topological polar surface area (TPSA) is 75.3 Å². The number of sulfone groups is 1. The summed E-state index contributed by atoms with van der Waals surface area (Å²) in [5, 5.41) is 5.99. The van der Waals surface area contributed by atoms with E-state index < -0.39 is 9.84 Å². The summed E-state index contributed by atoms with van der Waals surface area (Å²) in [6, 6.07) is 6.97. The molecule has 2 rings (SSSR count). The number of nitrogens with one attached hydrogen (secondary N) is 2. The Morgan fingerprint density at radius 1 is 1.37 bits per heavy atom. The van der Waals surface area contributed by atoms with Crippen molar-refractivity contribution in [2.24, 2.45) is 0 Å². The van der Waals surface area contributed by atoms with Gasteiger partial charge < -0.3 is 10.6 Å². The molecule has 0 bridgehead atoms. The SMILES string of the molecule is CCS(=O)(=O)c1ccccc1NC1CCC(=O)NC1. The number of anilines is 1. The lowest BCUT2D eigenvalue weighted by Crippen LogP contribution is -2.42. The van der Waals surface area contributed by atoms with Crippen molar-refractivity contribution in [1.29, 1.82) is 0 Å². The Morgan fingerprint density at radius 3 is 2.74 bits per heavy atom. The summed E-state index contributed by atoms with van der Waals surface area (Å²) in [6.07, 6.45) is 1.19. The predicted octanol–water partition coefficient (Wildman–Crippen LogP) is 1.17. The van der Waals surface area contributed by atoms with Crippen LogP contribution in [0, 0.1) is 0 Å². The maximum Gasteiger partial charge on any atom is 0.220 e. The van der Waals surface area contributed by atoms with E-state index in [0.717, 1.165) is 0 Å². The summed E-state index contributed by atoms with van der Waals surface area (Å²) in [4.78, 5) is 11.4. The van der Waals surface area contributed by atoms with Crippen LogP contribution >= 0.6 is 0 Å². The summed E-state index contributed by atoms with van der Waals surface area (Å²) >= 11 is 0. The Hall–Kier alpha value is -1.56. The fourth-order valence-corrected chi connectivity index (χ4v) is 3.15. The van der Waals surface area contributed by atoms with E-state index in [2.05, 4.69) is 10.6 Å². The summed E-state index contributed by atoms with van der Waals surface area (Å²) < 4.78 is 24.0. The third kappa shape index (κ3) is 3.26. The average Bonchev–Trinajstić information content (AvgIpc) is 2.42. The van der Waals surface area contributed by atoms with Gasteiger partial charge in [-0.15, -0.1) is 0 Å². The molecule has 19 heavy (non-hydrogen) atoms. The molecule has 1 unspecified atom stereocenters. The molecule has 1 aliphatic rings. The van der Waals surface area contributed by atoms with Gasteiger partial charge in [0.25, 0.3) is 0 Å². The van der Waals surface area contributed by atoms with Crippen molar-refractivity contribution in [3.8, 4) is 0 Å². The molecule has 0 aromatic heterocycles. The zero-order valence-corrected chi connectivity index (χ0v) is 11.7. The van der Waals surface area contributed by atoms with Crippen molar-refractivity contribution in [1.82, 2.24) is 5.32 Å². The molecular weight excluding hydrogens is 264 g/mol. The first-order chi connectivity index (χ1) is 9.03. The molecule has 1 aliphatic heterocycles. The fourth-order valence-electron chi connectivity index (χ4n) is 2.09. The smallest absolute Gasteiger partial charge is 0.220 e. The summed E-state index contributed by atoms with van der Waals surface area (Å²) in [5.74, 6) is 0.125. The second kappa shape index (κ2) is 5.61. The molecule has 0 aliphatic carbocycles. The van der Waals surface area contributed by atoms with Crippen molar-refractivity contribution in [2.75, 3.05) is 17.6 Å². The highest BCUT2D eigenvalue weighted by atomic mass is 32.2. The molecule has 1 aromatic carbocycles. The van der Waals surface area contributed by atoms with E-state index in [4.69, 9.17) is 0 Å². The first-order valence-corrected chi connectivity index (χ1v) is 8.03. The van der Waals surface area contributed by atoms with Gasteiger partial charge in [-0.3, -0.25) is 4.79 Å². The Kier molecular flexibility index (Phi) is 4.09. The van der Waals surface area contributed by atoms with Crippen LogP contribution in [0.3, 0.4) is 0 Å². The van der Waals surface area contributed by atoms with Crippen LogP contribution in [0.5, 0.6) is 0 Å². The number of carbonyl (C=O) groups is 1. The second-order valence-corrected chi connectivity index (χ2v) is 6.83. The van der Waals surface area contributed by atoms with Crippen molar-refractivity contribution in [3.05, 3.63) is 24.3 Å². The van der Waals surface area contributed by atoms with Crippen molar-refractivity contribution in [3.63, 3.8) is 0 Å². The van der Waals surface area contributed by atoms with Gasteiger partial charge in [-0.05, 0) is 18.6 Å². The largest absolute Gasteiger partial charge is 0.379 e. The molecule has 0 spiro atoms. The van der Waals surface area contributed by atoms with Gasteiger partial charge in [0.2, 0.25) is 5.91 Å².